The van der Waals surface area contributed by atoms with E-state index in [9.17, 15) is 0 Å². The van der Waals surface area contributed by atoms with E-state index >= 15 is 0 Å². The third-order valence-corrected chi connectivity index (χ3v) is 4.38. The molecule has 1 rings (SSSR count). The second-order valence-electron chi connectivity index (χ2n) is 6.49. The maximum atomic E-state index is 2.35. The molecule has 1 aromatic rings. The first-order chi connectivity index (χ1) is 10.3. The number of nitrogens with zero attached hydrogens (tertiary/aromatic N) is 1. The maximum Gasteiger partial charge on any atom is 0.171 e. The average Bonchev–Trinajstić information content (AvgIpc) is 2.48. The lowest BCUT2D eigenvalue weighted by molar-refractivity contribution is -0.672. The van der Waals surface area contributed by atoms with Crippen molar-refractivity contribution < 1.29 is 4.57 Å². The molecule has 120 valence electrons. The van der Waals surface area contributed by atoms with Crippen LogP contribution in [0, 0.1) is 0 Å². The summed E-state index contributed by atoms with van der Waals surface area (Å²) in [5, 5.41) is 0. The fourth-order valence-electron chi connectivity index (χ4n) is 2.99. The van der Waals surface area contributed by atoms with Gasteiger partial charge in [0.2, 0.25) is 0 Å². The van der Waals surface area contributed by atoms with Crippen molar-refractivity contribution in [2.24, 2.45) is 7.05 Å². The molecule has 0 spiro atoms. The molecule has 21 heavy (non-hydrogen) atoms. The molecule has 0 saturated carbocycles. The third kappa shape index (κ3) is 8.24. The zero-order valence-corrected chi connectivity index (χ0v) is 14.7. The quantitative estimate of drug-likeness (QED) is 0.351. The van der Waals surface area contributed by atoms with Crippen LogP contribution in [0.15, 0.2) is 18.5 Å². The van der Waals surface area contributed by atoms with E-state index in [2.05, 4.69) is 43.9 Å². The van der Waals surface area contributed by atoms with Gasteiger partial charge in [-0.3, -0.25) is 0 Å². The maximum absolute atomic E-state index is 2.35. The van der Waals surface area contributed by atoms with Crippen LogP contribution in [-0.2, 0) is 19.9 Å². The topological polar surface area (TPSA) is 3.88 Å². The predicted molar refractivity (Wildman–Crippen MR) is 92.5 cm³/mol. The zero-order valence-electron chi connectivity index (χ0n) is 14.7. The monoisotopic (exact) mass is 290 g/mol. The second-order valence-corrected chi connectivity index (χ2v) is 6.49. The molecular weight excluding hydrogens is 254 g/mol. The molecule has 1 heterocycles. The molecule has 0 aliphatic carbocycles. The van der Waals surface area contributed by atoms with Crippen molar-refractivity contribution in [2.75, 3.05) is 0 Å². The summed E-state index contributed by atoms with van der Waals surface area (Å²) in [5.41, 5.74) is 3.19. The fourth-order valence-corrected chi connectivity index (χ4v) is 2.99. The summed E-state index contributed by atoms with van der Waals surface area (Å²) in [5.74, 6) is 0. The highest BCUT2D eigenvalue weighted by Gasteiger charge is 2.07. The molecule has 0 radical (unpaired) electrons. The highest BCUT2D eigenvalue weighted by atomic mass is 14.9. The Balaban J connectivity index is 2.39. The summed E-state index contributed by atoms with van der Waals surface area (Å²) in [6.45, 7) is 4.57. The first-order valence-electron chi connectivity index (χ1n) is 9.25. The van der Waals surface area contributed by atoms with Gasteiger partial charge in [0, 0.05) is 11.6 Å². The normalized spacial score (nSPS) is 11.0. The third-order valence-electron chi connectivity index (χ3n) is 4.38. The Morgan fingerprint density at radius 3 is 1.81 bits per heavy atom. The first-order valence-corrected chi connectivity index (χ1v) is 9.25. The van der Waals surface area contributed by atoms with Crippen molar-refractivity contribution >= 4 is 0 Å². The Hall–Kier alpha value is -0.850. The summed E-state index contributed by atoms with van der Waals surface area (Å²) >= 11 is 0. The Labute approximate surface area is 132 Å². The number of hydrogen-bond acceptors (Lipinski definition) is 0. The summed E-state index contributed by atoms with van der Waals surface area (Å²) in [7, 11) is 2.14. The standard InChI is InChI=1S/C20H36N/c1-4-6-8-10-12-14-19-16-17-21(3)18-20(19)15-13-11-9-7-5-2/h16-18H,4-15H2,1-3H3/q+1. The van der Waals surface area contributed by atoms with Gasteiger partial charge in [-0.1, -0.05) is 65.2 Å². The van der Waals surface area contributed by atoms with Crippen LogP contribution in [0.25, 0.3) is 0 Å². The minimum Gasteiger partial charge on any atom is -0.208 e. The van der Waals surface area contributed by atoms with E-state index in [0.29, 0.717) is 0 Å². The van der Waals surface area contributed by atoms with Crippen molar-refractivity contribution in [3.8, 4) is 0 Å². The number of aryl methyl sites for hydroxylation is 3. The highest BCUT2D eigenvalue weighted by molar-refractivity contribution is 5.21. The van der Waals surface area contributed by atoms with Gasteiger partial charge in [-0.25, -0.2) is 4.57 Å². The Morgan fingerprint density at radius 1 is 0.714 bits per heavy atom. The van der Waals surface area contributed by atoms with Crippen molar-refractivity contribution in [3.63, 3.8) is 0 Å². The molecule has 0 saturated heterocycles. The molecule has 0 fully saturated rings. The smallest absolute Gasteiger partial charge is 0.171 e. The largest absolute Gasteiger partial charge is 0.208 e. The van der Waals surface area contributed by atoms with Gasteiger partial charge in [-0.2, -0.15) is 0 Å². The van der Waals surface area contributed by atoms with Gasteiger partial charge in [0.1, 0.15) is 7.05 Å². The lowest BCUT2D eigenvalue weighted by atomic mass is 9.98. The van der Waals surface area contributed by atoms with Crippen LogP contribution in [-0.4, -0.2) is 0 Å². The highest BCUT2D eigenvalue weighted by Crippen LogP contribution is 2.15. The molecular formula is C20H36N+. The van der Waals surface area contributed by atoms with Gasteiger partial charge in [-0.15, -0.1) is 0 Å². The molecule has 0 unspecified atom stereocenters. The minimum atomic E-state index is 1.27. The molecule has 0 amide bonds. The van der Waals surface area contributed by atoms with E-state index in [4.69, 9.17) is 0 Å². The molecule has 1 heteroatoms. The minimum absolute atomic E-state index is 1.27. The molecule has 1 nitrogen and oxygen atoms in total. The van der Waals surface area contributed by atoms with Crippen LogP contribution in [0.5, 0.6) is 0 Å². The first kappa shape index (κ1) is 18.2. The molecule has 1 aromatic heterocycles. The average molecular weight is 291 g/mol. The summed E-state index contributed by atoms with van der Waals surface area (Å²) in [4.78, 5) is 0. The lowest BCUT2D eigenvalue weighted by Crippen LogP contribution is -2.27. The van der Waals surface area contributed by atoms with Crippen molar-refractivity contribution in [3.05, 3.63) is 29.6 Å². The Kier molecular flexibility index (Phi) is 10.2. The summed E-state index contributed by atoms with van der Waals surface area (Å²) < 4.78 is 2.21. The molecule has 0 atom stereocenters. The molecule has 0 bridgehead atoms. The molecule has 0 aliphatic heterocycles. The van der Waals surface area contributed by atoms with Gasteiger partial charge in [0.25, 0.3) is 0 Å². The zero-order chi connectivity index (χ0) is 15.3. The summed E-state index contributed by atoms with van der Waals surface area (Å²) in [6, 6.07) is 2.35. The van der Waals surface area contributed by atoms with Crippen LogP contribution >= 0.6 is 0 Å². The fraction of sp³-hybridized carbons (Fsp3) is 0.750. The van der Waals surface area contributed by atoms with E-state index in [1.54, 1.807) is 11.1 Å². The number of rotatable bonds is 12. The van der Waals surface area contributed by atoms with Crippen LogP contribution in [0.3, 0.4) is 0 Å². The van der Waals surface area contributed by atoms with Crippen molar-refractivity contribution in [1.82, 2.24) is 0 Å². The number of pyridine rings is 1. The molecule has 0 aromatic carbocycles. The summed E-state index contributed by atoms with van der Waals surface area (Å²) in [6.07, 6.45) is 20.9. The van der Waals surface area contributed by atoms with Crippen LogP contribution in [0.4, 0.5) is 0 Å². The van der Waals surface area contributed by atoms with E-state index in [-0.39, 0.29) is 0 Å². The van der Waals surface area contributed by atoms with Crippen molar-refractivity contribution in [1.29, 1.82) is 0 Å². The SMILES string of the molecule is CCCCCCCc1cc[n+](C)cc1CCCCCCC. The van der Waals surface area contributed by atoms with Gasteiger partial charge in [0.05, 0.1) is 0 Å². The van der Waals surface area contributed by atoms with E-state index in [1.165, 1.54) is 77.0 Å². The van der Waals surface area contributed by atoms with Gasteiger partial charge >= 0.3 is 0 Å². The number of unbranched alkanes of at least 4 members (excludes halogenated alkanes) is 8. The van der Waals surface area contributed by atoms with Crippen LogP contribution in [0.2, 0.25) is 0 Å². The van der Waals surface area contributed by atoms with Crippen molar-refractivity contribution in [2.45, 2.75) is 90.9 Å². The lowest BCUT2D eigenvalue weighted by Gasteiger charge is -2.08. The van der Waals surface area contributed by atoms with E-state index < -0.39 is 0 Å². The Morgan fingerprint density at radius 2 is 1.24 bits per heavy atom. The predicted octanol–water partition coefficient (Wildman–Crippen LogP) is 5.54. The van der Waals surface area contributed by atoms with E-state index in [1.807, 2.05) is 0 Å². The van der Waals surface area contributed by atoms with Gasteiger partial charge in [0.15, 0.2) is 12.4 Å². The van der Waals surface area contributed by atoms with Gasteiger partial charge < -0.3 is 0 Å². The molecule has 0 N–H and O–H groups in total. The van der Waals surface area contributed by atoms with E-state index in [0.717, 1.165) is 0 Å². The Bertz CT molecular complexity index is 370. The molecule has 0 aliphatic rings. The number of aromatic nitrogens is 1. The van der Waals surface area contributed by atoms with Gasteiger partial charge in [-0.05, 0) is 31.2 Å². The second kappa shape index (κ2) is 11.8. The number of hydrogen-bond donors (Lipinski definition) is 0. The van der Waals surface area contributed by atoms with Crippen LogP contribution < -0.4 is 4.57 Å². The van der Waals surface area contributed by atoms with Crippen LogP contribution in [0.1, 0.15) is 89.2 Å².